The second kappa shape index (κ2) is 5.95. The zero-order chi connectivity index (χ0) is 13.0. The molecule has 0 aliphatic rings. The van der Waals surface area contributed by atoms with Gasteiger partial charge in [0.25, 0.3) is 0 Å². The lowest BCUT2D eigenvalue weighted by atomic mass is 10.1. The van der Waals surface area contributed by atoms with E-state index in [9.17, 15) is 19.4 Å². The van der Waals surface area contributed by atoms with Gasteiger partial charge in [0.05, 0.1) is 6.10 Å². The summed E-state index contributed by atoms with van der Waals surface area (Å²) in [5, 5.41) is 19.1. The third kappa shape index (κ3) is 3.95. The van der Waals surface area contributed by atoms with Gasteiger partial charge in [-0.15, -0.1) is 0 Å². The van der Waals surface area contributed by atoms with Gasteiger partial charge in [0.2, 0.25) is 0 Å². The SMILES string of the molecule is CC(=O)SCC(O)C(O)c1cnc(N)c(F)c1. The highest BCUT2D eigenvalue weighted by Gasteiger charge is 2.20. The molecular formula is C10H13FN2O3S. The number of carbonyl (C=O) groups excluding carboxylic acids is 1. The number of aliphatic hydroxyl groups excluding tert-OH is 2. The fourth-order valence-electron chi connectivity index (χ4n) is 1.14. The van der Waals surface area contributed by atoms with Gasteiger partial charge in [-0.2, -0.15) is 0 Å². The first kappa shape index (κ1) is 13.9. The van der Waals surface area contributed by atoms with Crippen molar-refractivity contribution in [3.05, 3.63) is 23.6 Å². The Bertz CT molecular complexity index is 417. The summed E-state index contributed by atoms with van der Waals surface area (Å²) in [5.41, 5.74) is 5.30. The average Bonchev–Trinajstić information content (AvgIpc) is 2.28. The van der Waals surface area contributed by atoms with E-state index in [0.29, 0.717) is 0 Å². The number of hydrogen-bond acceptors (Lipinski definition) is 6. The van der Waals surface area contributed by atoms with Gasteiger partial charge in [0, 0.05) is 24.4 Å². The van der Waals surface area contributed by atoms with Crippen molar-refractivity contribution in [2.75, 3.05) is 11.5 Å². The van der Waals surface area contributed by atoms with E-state index >= 15 is 0 Å². The van der Waals surface area contributed by atoms with Crippen molar-refractivity contribution in [2.45, 2.75) is 19.1 Å². The fraction of sp³-hybridized carbons (Fsp3) is 0.400. The minimum absolute atomic E-state index is 0.0303. The summed E-state index contributed by atoms with van der Waals surface area (Å²) in [6.07, 6.45) is -1.29. The van der Waals surface area contributed by atoms with Gasteiger partial charge < -0.3 is 15.9 Å². The summed E-state index contributed by atoms with van der Waals surface area (Å²) >= 11 is 0.882. The van der Waals surface area contributed by atoms with Gasteiger partial charge in [0.1, 0.15) is 6.10 Å². The fourth-order valence-corrected chi connectivity index (χ4v) is 1.73. The minimum Gasteiger partial charge on any atom is -0.389 e. The Labute approximate surface area is 102 Å². The number of nitrogens with two attached hydrogens (primary N) is 1. The number of aromatic nitrogens is 1. The lowest BCUT2D eigenvalue weighted by molar-refractivity contribution is -0.109. The molecule has 0 aliphatic carbocycles. The molecule has 0 fully saturated rings. The molecule has 2 atom stereocenters. The van der Waals surface area contributed by atoms with Crippen molar-refractivity contribution in [1.29, 1.82) is 0 Å². The number of pyridine rings is 1. The maximum Gasteiger partial charge on any atom is 0.185 e. The molecule has 1 rings (SSSR count). The molecule has 94 valence electrons. The molecule has 0 aliphatic heterocycles. The normalized spacial score (nSPS) is 14.4. The van der Waals surface area contributed by atoms with Crippen LogP contribution in [0.3, 0.4) is 0 Å². The number of halogens is 1. The number of thioether (sulfide) groups is 1. The number of rotatable bonds is 4. The maximum atomic E-state index is 13.1. The van der Waals surface area contributed by atoms with Crippen LogP contribution in [0.5, 0.6) is 0 Å². The van der Waals surface area contributed by atoms with Crippen LogP contribution in [0.25, 0.3) is 0 Å². The van der Waals surface area contributed by atoms with E-state index in [1.54, 1.807) is 0 Å². The van der Waals surface area contributed by atoms with Crippen LogP contribution in [0.4, 0.5) is 10.2 Å². The molecule has 1 aromatic heterocycles. The van der Waals surface area contributed by atoms with Crippen molar-refractivity contribution in [3.8, 4) is 0 Å². The number of nitrogens with zero attached hydrogens (tertiary/aromatic N) is 1. The molecule has 0 aromatic carbocycles. The summed E-state index contributed by atoms with van der Waals surface area (Å²) in [6.45, 7) is 1.36. The van der Waals surface area contributed by atoms with Gasteiger partial charge in [-0.25, -0.2) is 9.37 Å². The third-order valence-corrected chi connectivity index (χ3v) is 2.97. The molecule has 4 N–H and O–H groups in total. The van der Waals surface area contributed by atoms with Gasteiger partial charge >= 0.3 is 0 Å². The van der Waals surface area contributed by atoms with Crippen LogP contribution >= 0.6 is 11.8 Å². The molecule has 7 heteroatoms. The molecule has 0 radical (unpaired) electrons. The molecule has 0 saturated carbocycles. The summed E-state index contributed by atoms with van der Waals surface area (Å²) in [6, 6.07) is 1.01. The van der Waals surface area contributed by atoms with Crippen LogP contribution in [-0.2, 0) is 4.79 Å². The quantitative estimate of drug-likeness (QED) is 0.728. The highest BCUT2D eigenvalue weighted by atomic mass is 32.2. The first-order valence-electron chi connectivity index (χ1n) is 4.82. The zero-order valence-electron chi connectivity index (χ0n) is 9.13. The third-order valence-electron chi connectivity index (χ3n) is 2.05. The Morgan fingerprint density at radius 1 is 1.65 bits per heavy atom. The highest BCUT2D eigenvalue weighted by Crippen LogP contribution is 2.21. The monoisotopic (exact) mass is 260 g/mol. The van der Waals surface area contributed by atoms with Crippen LogP contribution in [0.2, 0.25) is 0 Å². The second-order valence-electron chi connectivity index (χ2n) is 3.45. The summed E-state index contributed by atoms with van der Waals surface area (Å²) in [5.74, 6) is -0.996. The summed E-state index contributed by atoms with van der Waals surface area (Å²) in [7, 11) is 0. The molecule has 0 amide bonds. The largest absolute Gasteiger partial charge is 0.389 e. The Morgan fingerprint density at radius 2 is 2.29 bits per heavy atom. The van der Waals surface area contributed by atoms with Crippen molar-refractivity contribution < 1.29 is 19.4 Å². The number of aliphatic hydroxyl groups is 2. The molecule has 0 bridgehead atoms. The van der Waals surface area contributed by atoms with Gasteiger partial charge in [0.15, 0.2) is 16.8 Å². The number of hydrogen-bond donors (Lipinski definition) is 3. The Kier molecular flexibility index (Phi) is 4.86. The van der Waals surface area contributed by atoms with Gasteiger partial charge in [-0.05, 0) is 6.07 Å². The molecule has 2 unspecified atom stereocenters. The van der Waals surface area contributed by atoms with Crippen LogP contribution in [0.15, 0.2) is 12.3 Å². The van der Waals surface area contributed by atoms with Crippen LogP contribution < -0.4 is 5.73 Å². The molecule has 5 nitrogen and oxygen atoms in total. The maximum absolute atomic E-state index is 13.1. The van der Waals surface area contributed by atoms with Gasteiger partial charge in [-0.3, -0.25) is 4.79 Å². The lowest BCUT2D eigenvalue weighted by Crippen LogP contribution is -2.21. The molecule has 0 spiro atoms. The summed E-state index contributed by atoms with van der Waals surface area (Å²) < 4.78 is 13.1. The second-order valence-corrected chi connectivity index (χ2v) is 4.65. The Balaban J connectivity index is 2.70. The van der Waals surface area contributed by atoms with Crippen LogP contribution in [-0.4, -0.2) is 32.2 Å². The molecule has 1 heterocycles. The highest BCUT2D eigenvalue weighted by molar-refractivity contribution is 8.13. The van der Waals surface area contributed by atoms with Crippen molar-refractivity contribution in [3.63, 3.8) is 0 Å². The van der Waals surface area contributed by atoms with Crippen molar-refractivity contribution in [2.24, 2.45) is 0 Å². The van der Waals surface area contributed by atoms with E-state index in [0.717, 1.165) is 17.8 Å². The number of anilines is 1. The van der Waals surface area contributed by atoms with Crippen LogP contribution in [0, 0.1) is 5.82 Å². The molecular weight excluding hydrogens is 247 g/mol. The standard InChI is InChI=1S/C10H13FN2O3S/c1-5(14)17-4-8(15)9(16)6-2-7(11)10(12)13-3-6/h2-3,8-9,15-16H,4H2,1H3,(H2,12,13). The smallest absolute Gasteiger partial charge is 0.185 e. The van der Waals surface area contributed by atoms with E-state index in [1.807, 2.05) is 0 Å². The lowest BCUT2D eigenvalue weighted by Gasteiger charge is -2.17. The van der Waals surface area contributed by atoms with Gasteiger partial charge in [-0.1, -0.05) is 11.8 Å². The number of carbonyl (C=O) groups is 1. The van der Waals surface area contributed by atoms with Crippen molar-refractivity contribution >= 4 is 22.7 Å². The predicted molar refractivity (Wildman–Crippen MR) is 62.7 cm³/mol. The van der Waals surface area contributed by atoms with E-state index < -0.39 is 18.0 Å². The summed E-state index contributed by atoms with van der Waals surface area (Å²) in [4.78, 5) is 14.2. The molecule has 1 aromatic rings. The first-order chi connectivity index (χ1) is 7.91. The first-order valence-corrected chi connectivity index (χ1v) is 5.80. The van der Waals surface area contributed by atoms with Crippen molar-refractivity contribution in [1.82, 2.24) is 4.98 Å². The van der Waals surface area contributed by atoms with E-state index in [2.05, 4.69) is 4.98 Å². The Morgan fingerprint density at radius 3 is 2.82 bits per heavy atom. The minimum atomic E-state index is -1.30. The molecule has 17 heavy (non-hydrogen) atoms. The Hall–Kier alpha value is -1.18. The topological polar surface area (TPSA) is 96.4 Å². The van der Waals surface area contributed by atoms with E-state index in [-0.39, 0.29) is 22.2 Å². The van der Waals surface area contributed by atoms with E-state index in [4.69, 9.17) is 5.73 Å². The van der Waals surface area contributed by atoms with E-state index in [1.165, 1.54) is 13.1 Å². The number of nitrogen functional groups attached to an aromatic ring is 1. The zero-order valence-corrected chi connectivity index (χ0v) is 9.95. The van der Waals surface area contributed by atoms with Crippen LogP contribution in [0.1, 0.15) is 18.6 Å². The average molecular weight is 260 g/mol. The predicted octanol–water partition coefficient (Wildman–Crippen LogP) is 0.477. The molecule has 0 saturated heterocycles.